The predicted molar refractivity (Wildman–Crippen MR) is 72.6 cm³/mol. The van der Waals surface area contributed by atoms with Crippen LogP contribution in [0.5, 0.6) is 0 Å². The van der Waals surface area contributed by atoms with Crippen LogP contribution in [-0.2, 0) is 0 Å². The number of aliphatic hydroxyl groups excluding tert-OH is 4. The lowest BCUT2D eigenvalue weighted by atomic mass is 9.96. The number of allylic oxidation sites excluding steroid dienone is 6. The number of aliphatic hydroxyl groups is 4. The Hall–Kier alpha value is -2.10. The molecule has 0 aromatic rings. The van der Waals surface area contributed by atoms with Gasteiger partial charge in [-0.15, -0.1) is 0 Å². The van der Waals surface area contributed by atoms with Crippen molar-refractivity contribution in [2.75, 3.05) is 0 Å². The van der Waals surface area contributed by atoms with Gasteiger partial charge in [0.05, 0.1) is 25.0 Å². The highest BCUT2D eigenvalue weighted by atomic mass is 16.2. The molecule has 0 rings (SSSR count). The standard InChI is InChI=1S/C14H20O4/c15-9-1-5-13(6-2-10-16)14(7-3-11-17)8-4-12-18/h1-4,9-12,15-18H,5-8H2. The van der Waals surface area contributed by atoms with Crippen LogP contribution in [0, 0.1) is 0 Å². The fraction of sp³-hybridized carbons (Fsp3) is 0.286. The van der Waals surface area contributed by atoms with Crippen molar-refractivity contribution in [2.45, 2.75) is 25.7 Å². The van der Waals surface area contributed by atoms with Crippen molar-refractivity contribution in [2.24, 2.45) is 0 Å². The van der Waals surface area contributed by atoms with E-state index in [9.17, 15) is 0 Å². The molecule has 4 N–H and O–H groups in total. The highest BCUT2D eigenvalue weighted by Crippen LogP contribution is 2.21. The Kier molecular flexibility index (Phi) is 10.1. The van der Waals surface area contributed by atoms with E-state index < -0.39 is 0 Å². The second-order valence-corrected chi connectivity index (χ2v) is 3.56. The molecule has 0 fully saturated rings. The molecule has 0 saturated carbocycles. The zero-order chi connectivity index (χ0) is 13.6. The lowest BCUT2D eigenvalue weighted by molar-refractivity contribution is 0.468. The molecule has 18 heavy (non-hydrogen) atoms. The summed E-state index contributed by atoms with van der Waals surface area (Å²) in [5, 5.41) is 34.8. The molecule has 0 saturated heterocycles. The summed E-state index contributed by atoms with van der Waals surface area (Å²) >= 11 is 0. The van der Waals surface area contributed by atoms with Crippen molar-refractivity contribution in [3.63, 3.8) is 0 Å². The molecule has 0 heterocycles. The largest absolute Gasteiger partial charge is 0.516 e. The first-order valence-electron chi connectivity index (χ1n) is 5.66. The lowest BCUT2D eigenvalue weighted by Crippen LogP contribution is -1.91. The van der Waals surface area contributed by atoms with Crippen LogP contribution in [0.25, 0.3) is 0 Å². The van der Waals surface area contributed by atoms with Crippen LogP contribution in [-0.4, -0.2) is 20.4 Å². The summed E-state index contributed by atoms with van der Waals surface area (Å²) in [6, 6.07) is 0. The van der Waals surface area contributed by atoms with Gasteiger partial charge in [-0.25, -0.2) is 0 Å². The lowest BCUT2D eigenvalue weighted by Gasteiger charge is -2.10. The van der Waals surface area contributed by atoms with Crippen LogP contribution in [0.2, 0.25) is 0 Å². The van der Waals surface area contributed by atoms with Crippen LogP contribution in [0.15, 0.2) is 60.5 Å². The third-order valence-electron chi connectivity index (χ3n) is 2.38. The van der Waals surface area contributed by atoms with Gasteiger partial charge in [-0.2, -0.15) is 0 Å². The summed E-state index contributed by atoms with van der Waals surface area (Å²) in [7, 11) is 0. The molecule has 4 nitrogen and oxygen atoms in total. The minimum Gasteiger partial charge on any atom is -0.516 e. The van der Waals surface area contributed by atoms with Crippen molar-refractivity contribution in [1.82, 2.24) is 0 Å². The van der Waals surface area contributed by atoms with Gasteiger partial charge in [0.1, 0.15) is 0 Å². The first-order chi connectivity index (χ1) is 8.79. The number of hydrogen-bond donors (Lipinski definition) is 4. The van der Waals surface area contributed by atoms with Crippen molar-refractivity contribution in [3.8, 4) is 0 Å². The summed E-state index contributed by atoms with van der Waals surface area (Å²) in [6.45, 7) is 0. The molecule has 100 valence electrons. The van der Waals surface area contributed by atoms with Gasteiger partial charge in [0.15, 0.2) is 0 Å². The molecule has 0 amide bonds. The quantitative estimate of drug-likeness (QED) is 0.387. The molecule has 0 spiro atoms. The molecular weight excluding hydrogens is 232 g/mol. The van der Waals surface area contributed by atoms with Crippen LogP contribution in [0.1, 0.15) is 25.7 Å². The summed E-state index contributed by atoms with van der Waals surface area (Å²) in [5.74, 6) is 0. The Morgan fingerprint density at radius 2 is 0.722 bits per heavy atom. The summed E-state index contributed by atoms with van der Waals surface area (Å²) in [4.78, 5) is 0. The van der Waals surface area contributed by atoms with E-state index in [-0.39, 0.29) is 0 Å². The van der Waals surface area contributed by atoms with E-state index in [0.717, 1.165) is 36.2 Å². The van der Waals surface area contributed by atoms with Crippen molar-refractivity contribution < 1.29 is 20.4 Å². The van der Waals surface area contributed by atoms with Crippen LogP contribution < -0.4 is 0 Å². The van der Waals surface area contributed by atoms with Gasteiger partial charge in [-0.3, -0.25) is 0 Å². The Morgan fingerprint density at radius 1 is 0.500 bits per heavy atom. The molecule has 0 bridgehead atoms. The minimum absolute atomic E-state index is 0.550. The van der Waals surface area contributed by atoms with Crippen molar-refractivity contribution in [1.29, 1.82) is 0 Å². The molecule has 4 heteroatoms. The number of rotatable bonds is 8. The van der Waals surface area contributed by atoms with E-state index >= 15 is 0 Å². The first kappa shape index (κ1) is 15.9. The predicted octanol–water partition coefficient (Wildman–Crippen LogP) is 4.13. The van der Waals surface area contributed by atoms with Gasteiger partial charge in [0.25, 0.3) is 0 Å². The van der Waals surface area contributed by atoms with E-state index in [4.69, 9.17) is 20.4 Å². The third kappa shape index (κ3) is 7.22. The molecule has 0 radical (unpaired) electrons. The molecule has 0 aliphatic rings. The van der Waals surface area contributed by atoms with E-state index in [0.29, 0.717) is 25.7 Å². The molecule has 0 aliphatic carbocycles. The summed E-state index contributed by atoms with van der Waals surface area (Å²) in [5.41, 5.74) is 2.03. The normalized spacial score (nSPS) is 12.2. The molecule has 0 atom stereocenters. The Morgan fingerprint density at radius 3 is 0.889 bits per heavy atom. The molecular formula is C14H20O4. The van der Waals surface area contributed by atoms with Gasteiger partial charge in [-0.1, -0.05) is 11.1 Å². The van der Waals surface area contributed by atoms with E-state index in [2.05, 4.69) is 0 Å². The van der Waals surface area contributed by atoms with Crippen molar-refractivity contribution >= 4 is 0 Å². The maximum Gasteiger partial charge on any atom is 0.0755 e. The van der Waals surface area contributed by atoms with Crippen molar-refractivity contribution in [3.05, 3.63) is 60.5 Å². The number of hydrogen-bond acceptors (Lipinski definition) is 4. The van der Waals surface area contributed by atoms with E-state index in [1.807, 2.05) is 0 Å². The zero-order valence-electron chi connectivity index (χ0n) is 10.2. The average Bonchev–Trinajstić information content (AvgIpc) is 2.40. The fourth-order valence-corrected chi connectivity index (χ4v) is 1.52. The molecule has 0 aromatic heterocycles. The Bertz CT molecular complexity index is 283. The highest BCUT2D eigenvalue weighted by molar-refractivity contribution is 5.23. The highest BCUT2D eigenvalue weighted by Gasteiger charge is 2.03. The van der Waals surface area contributed by atoms with Gasteiger partial charge in [0.2, 0.25) is 0 Å². The second kappa shape index (κ2) is 11.4. The SMILES string of the molecule is OC=CCC(CC=CO)=C(CC=CO)CC=CO. The van der Waals surface area contributed by atoms with Crippen LogP contribution in [0.3, 0.4) is 0 Å². The fourth-order valence-electron chi connectivity index (χ4n) is 1.52. The second-order valence-electron chi connectivity index (χ2n) is 3.56. The summed E-state index contributed by atoms with van der Waals surface area (Å²) < 4.78 is 0. The van der Waals surface area contributed by atoms with Gasteiger partial charge in [-0.05, 0) is 50.0 Å². The van der Waals surface area contributed by atoms with Gasteiger partial charge in [0, 0.05) is 0 Å². The Labute approximate surface area is 107 Å². The molecule has 0 aliphatic heterocycles. The molecule has 0 unspecified atom stereocenters. The average molecular weight is 252 g/mol. The van der Waals surface area contributed by atoms with Crippen LogP contribution >= 0.6 is 0 Å². The minimum atomic E-state index is 0.550. The van der Waals surface area contributed by atoms with E-state index in [1.54, 1.807) is 24.3 Å². The third-order valence-corrected chi connectivity index (χ3v) is 2.38. The first-order valence-corrected chi connectivity index (χ1v) is 5.66. The van der Waals surface area contributed by atoms with Crippen LogP contribution in [0.4, 0.5) is 0 Å². The topological polar surface area (TPSA) is 80.9 Å². The smallest absolute Gasteiger partial charge is 0.0755 e. The Balaban J connectivity index is 5.05. The monoisotopic (exact) mass is 252 g/mol. The van der Waals surface area contributed by atoms with Gasteiger partial charge >= 0.3 is 0 Å². The maximum atomic E-state index is 8.70. The van der Waals surface area contributed by atoms with E-state index in [1.165, 1.54) is 0 Å². The molecule has 0 aromatic carbocycles. The maximum absolute atomic E-state index is 8.70. The van der Waals surface area contributed by atoms with Gasteiger partial charge < -0.3 is 20.4 Å². The summed E-state index contributed by atoms with van der Waals surface area (Å²) in [6.07, 6.45) is 12.5. The zero-order valence-corrected chi connectivity index (χ0v) is 10.2.